The number of amides is 1. The molecule has 1 amide bonds. The zero-order valence-electron chi connectivity index (χ0n) is 18.0. The van der Waals surface area contributed by atoms with Gasteiger partial charge in [0.25, 0.3) is 11.7 Å². The Hall–Kier alpha value is -4.58. The summed E-state index contributed by atoms with van der Waals surface area (Å²) in [5.41, 5.74) is 1.71. The number of ether oxygens (including phenoxy) is 2. The molecule has 6 heteroatoms. The molecule has 0 radical (unpaired) electrons. The molecule has 0 aliphatic carbocycles. The number of hydrogen-bond donors (Lipinski definition) is 1. The Morgan fingerprint density at radius 1 is 0.794 bits per heavy atom. The van der Waals surface area contributed by atoms with Crippen LogP contribution in [0.2, 0.25) is 0 Å². The average Bonchev–Trinajstić information content (AvgIpc) is 3.45. The van der Waals surface area contributed by atoms with E-state index in [4.69, 9.17) is 9.47 Å². The monoisotopic (exact) mass is 449 g/mol. The molecule has 1 fully saturated rings. The van der Waals surface area contributed by atoms with Gasteiger partial charge in [0, 0.05) is 17.3 Å². The van der Waals surface area contributed by atoms with Gasteiger partial charge in [-0.15, -0.1) is 0 Å². The highest BCUT2D eigenvalue weighted by molar-refractivity contribution is 6.51. The fourth-order valence-electron chi connectivity index (χ4n) is 4.58. The van der Waals surface area contributed by atoms with Crippen molar-refractivity contribution in [1.29, 1.82) is 0 Å². The van der Waals surface area contributed by atoms with E-state index in [1.165, 1.54) is 4.90 Å². The molecule has 34 heavy (non-hydrogen) atoms. The topological polar surface area (TPSA) is 76.1 Å². The van der Waals surface area contributed by atoms with Crippen LogP contribution in [0.1, 0.15) is 17.2 Å². The Kier molecular flexibility index (Phi) is 4.59. The molecule has 0 spiro atoms. The predicted octanol–water partition coefficient (Wildman–Crippen LogP) is 5.19. The number of fused-ring (bicyclic) bond motifs is 2. The van der Waals surface area contributed by atoms with Crippen LogP contribution >= 0.6 is 0 Å². The number of rotatable bonds is 3. The number of anilines is 1. The first kappa shape index (κ1) is 20.1. The third kappa shape index (κ3) is 3.11. The summed E-state index contributed by atoms with van der Waals surface area (Å²) >= 11 is 0. The van der Waals surface area contributed by atoms with E-state index < -0.39 is 17.7 Å². The summed E-state index contributed by atoms with van der Waals surface area (Å²) in [7, 11) is 0. The minimum atomic E-state index is -0.798. The van der Waals surface area contributed by atoms with Gasteiger partial charge < -0.3 is 14.6 Å². The van der Waals surface area contributed by atoms with E-state index in [-0.39, 0.29) is 18.1 Å². The fraction of sp³-hybridized carbons (Fsp3) is 0.0714. The summed E-state index contributed by atoms with van der Waals surface area (Å²) in [6.45, 7) is 0.0989. The molecule has 1 atom stereocenters. The molecule has 1 saturated heterocycles. The van der Waals surface area contributed by atoms with Crippen molar-refractivity contribution < 1.29 is 24.2 Å². The van der Waals surface area contributed by atoms with Gasteiger partial charge in [-0.3, -0.25) is 14.5 Å². The Labute approximate surface area is 195 Å². The molecule has 6 nitrogen and oxygen atoms in total. The largest absolute Gasteiger partial charge is 0.507 e. The molecule has 6 rings (SSSR count). The van der Waals surface area contributed by atoms with Crippen LogP contribution in [-0.4, -0.2) is 23.6 Å². The molecule has 0 bridgehead atoms. The third-order valence-electron chi connectivity index (χ3n) is 6.22. The van der Waals surface area contributed by atoms with Gasteiger partial charge in [-0.05, 0) is 34.5 Å². The third-order valence-corrected chi connectivity index (χ3v) is 6.22. The maximum atomic E-state index is 13.3. The quantitative estimate of drug-likeness (QED) is 0.265. The van der Waals surface area contributed by atoms with E-state index in [9.17, 15) is 14.7 Å². The molecule has 0 aromatic heterocycles. The molecule has 1 unspecified atom stereocenters. The summed E-state index contributed by atoms with van der Waals surface area (Å²) < 4.78 is 10.9. The van der Waals surface area contributed by atoms with E-state index in [2.05, 4.69) is 0 Å². The van der Waals surface area contributed by atoms with Crippen LogP contribution in [0.25, 0.3) is 16.5 Å². The van der Waals surface area contributed by atoms with Gasteiger partial charge in [0.15, 0.2) is 11.5 Å². The summed E-state index contributed by atoms with van der Waals surface area (Å²) in [4.78, 5) is 28.0. The lowest BCUT2D eigenvalue weighted by Crippen LogP contribution is -2.29. The van der Waals surface area contributed by atoms with Crippen molar-refractivity contribution in [1.82, 2.24) is 0 Å². The van der Waals surface area contributed by atoms with Crippen molar-refractivity contribution >= 4 is 33.9 Å². The molecule has 2 heterocycles. The number of hydrogen-bond acceptors (Lipinski definition) is 5. The van der Waals surface area contributed by atoms with E-state index in [1.54, 1.807) is 24.3 Å². The first-order valence-corrected chi connectivity index (χ1v) is 10.9. The van der Waals surface area contributed by atoms with E-state index in [0.717, 1.165) is 10.8 Å². The van der Waals surface area contributed by atoms with Crippen LogP contribution in [0, 0.1) is 0 Å². The van der Waals surface area contributed by atoms with Crippen LogP contribution < -0.4 is 14.4 Å². The smallest absolute Gasteiger partial charge is 0.300 e. The summed E-state index contributed by atoms with van der Waals surface area (Å²) in [5.74, 6) is -0.582. The van der Waals surface area contributed by atoms with Gasteiger partial charge in [0.05, 0.1) is 11.6 Å². The molecule has 0 saturated carbocycles. The lowest BCUT2D eigenvalue weighted by Gasteiger charge is -2.25. The second kappa shape index (κ2) is 7.78. The number of aliphatic hydroxyl groups is 1. The number of benzene rings is 4. The fourth-order valence-corrected chi connectivity index (χ4v) is 4.58. The molecule has 4 aromatic rings. The Balaban J connectivity index is 1.54. The predicted molar refractivity (Wildman–Crippen MR) is 128 cm³/mol. The minimum absolute atomic E-state index is 0.0455. The van der Waals surface area contributed by atoms with Crippen molar-refractivity contribution in [2.45, 2.75) is 6.04 Å². The first-order valence-electron chi connectivity index (χ1n) is 10.9. The second-order valence-electron chi connectivity index (χ2n) is 8.18. The van der Waals surface area contributed by atoms with Crippen molar-refractivity contribution in [3.63, 3.8) is 0 Å². The summed E-state index contributed by atoms with van der Waals surface area (Å²) in [5, 5.41) is 13.3. The van der Waals surface area contributed by atoms with E-state index in [1.807, 2.05) is 66.7 Å². The second-order valence-corrected chi connectivity index (χ2v) is 8.18. The number of carbonyl (C=O) groups excluding carboxylic acids is 2. The number of nitrogens with zero attached hydrogens (tertiary/aromatic N) is 1. The Morgan fingerprint density at radius 2 is 1.53 bits per heavy atom. The van der Waals surface area contributed by atoms with Gasteiger partial charge in [-0.2, -0.15) is 0 Å². The highest BCUT2D eigenvalue weighted by atomic mass is 16.7. The van der Waals surface area contributed by atoms with Gasteiger partial charge in [0.1, 0.15) is 5.76 Å². The van der Waals surface area contributed by atoms with Gasteiger partial charge in [-0.1, -0.05) is 66.7 Å². The SMILES string of the molecule is O=C1C(=O)N(c2ccc3c(c2)OCO3)C(c2ccccc2)/C1=C(/O)c1ccc2ccccc2c1. The van der Waals surface area contributed by atoms with Crippen molar-refractivity contribution in [3.05, 3.63) is 108 Å². The van der Waals surface area contributed by atoms with Crippen LogP contribution in [0.15, 0.2) is 96.6 Å². The summed E-state index contributed by atoms with van der Waals surface area (Å²) in [6.07, 6.45) is 0. The molecule has 2 aliphatic heterocycles. The average molecular weight is 449 g/mol. The van der Waals surface area contributed by atoms with Crippen molar-refractivity contribution in [2.24, 2.45) is 0 Å². The molecular formula is C28H19NO5. The zero-order valence-corrected chi connectivity index (χ0v) is 18.0. The van der Waals surface area contributed by atoms with Crippen LogP contribution in [-0.2, 0) is 9.59 Å². The highest BCUT2D eigenvalue weighted by Gasteiger charge is 2.47. The summed E-state index contributed by atoms with van der Waals surface area (Å²) in [6, 6.07) is 26.7. The molecular weight excluding hydrogens is 430 g/mol. The number of Topliss-reactive ketones (excluding diaryl/α,β-unsaturated/α-hetero) is 1. The Bertz CT molecular complexity index is 1490. The van der Waals surface area contributed by atoms with Crippen LogP contribution in [0.5, 0.6) is 11.5 Å². The van der Waals surface area contributed by atoms with Gasteiger partial charge in [0.2, 0.25) is 6.79 Å². The van der Waals surface area contributed by atoms with Crippen LogP contribution in [0.3, 0.4) is 0 Å². The zero-order chi connectivity index (χ0) is 23.2. The van der Waals surface area contributed by atoms with E-state index >= 15 is 0 Å². The number of aliphatic hydroxyl groups excluding tert-OH is 1. The van der Waals surface area contributed by atoms with E-state index in [0.29, 0.717) is 28.3 Å². The molecule has 166 valence electrons. The van der Waals surface area contributed by atoms with Gasteiger partial charge >= 0.3 is 0 Å². The maximum absolute atomic E-state index is 13.3. The molecule has 2 aliphatic rings. The lowest BCUT2D eigenvalue weighted by molar-refractivity contribution is -0.132. The van der Waals surface area contributed by atoms with Crippen LogP contribution in [0.4, 0.5) is 5.69 Å². The first-order chi connectivity index (χ1) is 16.6. The minimum Gasteiger partial charge on any atom is -0.507 e. The van der Waals surface area contributed by atoms with Crippen molar-refractivity contribution in [3.8, 4) is 11.5 Å². The van der Waals surface area contributed by atoms with Crippen molar-refractivity contribution in [2.75, 3.05) is 11.7 Å². The number of carbonyl (C=O) groups is 2. The molecule has 1 N–H and O–H groups in total. The number of ketones is 1. The highest BCUT2D eigenvalue weighted by Crippen LogP contribution is 2.44. The van der Waals surface area contributed by atoms with Gasteiger partial charge in [-0.25, -0.2) is 0 Å². The standard InChI is InChI=1S/C28H19NO5/c30-26(20-11-10-17-6-4-5-9-19(17)14-20)24-25(18-7-2-1-3-8-18)29(28(32)27(24)31)21-12-13-22-23(15-21)34-16-33-22/h1-15,25,30H,16H2/b26-24-. The maximum Gasteiger partial charge on any atom is 0.300 e. The Morgan fingerprint density at radius 3 is 2.35 bits per heavy atom. The lowest BCUT2D eigenvalue weighted by atomic mass is 9.94. The normalized spacial score (nSPS) is 18.6. The molecule has 4 aromatic carbocycles.